The monoisotopic (exact) mass is 377 g/mol. The van der Waals surface area contributed by atoms with E-state index in [2.05, 4.69) is 58.0 Å². The van der Waals surface area contributed by atoms with Gasteiger partial charge in [-0.05, 0) is 39.0 Å². The smallest absolute Gasteiger partial charge is 0.225 e. The summed E-state index contributed by atoms with van der Waals surface area (Å²) in [6, 6.07) is 10.0. The van der Waals surface area contributed by atoms with Crippen LogP contribution in [0.1, 0.15) is 26.6 Å². The van der Waals surface area contributed by atoms with Gasteiger partial charge in [-0.25, -0.2) is 19.9 Å². The Balaban J connectivity index is 1.49. The van der Waals surface area contributed by atoms with Crippen molar-refractivity contribution in [3.8, 4) is 0 Å². The molecule has 0 unspecified atom stereocenters. The zero-order valence-corrected chi connectivity index (χ0v) is 16.8. The first kappa shape index (κ1) is 18.6. The molecule has 1 N–H and O–H groups in total. The van der Waals surface area contributed by atoms with Gasteiger partial charge in [0.2, 0.25) is 5.95 Å². The molecule has 0 spiro atoms. The first-order chi connectivity index (χ1) is 13.5. The highest BCUT2D eigenvalue weighted by molar-refractivity contribution is 5.89. The molecule has 1 aliphatic rings. The molecule has 3 aromatic rings. The summed E-state index contributed by atoms with van der Waals surface area (Å²) in [5.41, 5.74) is 0.922. The van der Waals surface area contributed by atoms with E-state index < -0.39 is 0 Å². The molecule has 1 saturated heterocycles. The van der Waals surface area contributed by atoms with Crippen LogP contribution >= 0.6 is 0 Å². The molecular weight excluding hydrogens is 350 g/mol. The Labute approximate surface area is 165 Å². The molecule has 1 aliphatic heterocycles. The van der Waals surface area contributed by atoms with Gasteiger partial charge in [-0.3, -0.25) is 4.90 Å². The molecule has 0 amide bonds. The molecule has 4 rings (SSSR count). The predicted molar refractivity (Wildman–Crippen MR) is 112 cm³/mol. The van der Waals surface area contributed by atoms with Crippen LogP contribution in [0, 0.1) is 0 Å². The lowest BCUT2D eigenvalue weighted by atomic mass is 10.1. The van der Waals surface area contributed by atoms with Crippen molar-refractivity contribution in [3.63, 3.8) is 0 Å². The third-order valence-electron chi connectivity index (χ3n) is 4.72. The van der Waals surface area contributed by atoms with E-state index in [1.54, 1.807) is 12.4 Å². The fraction of sp³-hybridized carbons (Fsp3) is 0.429. The van der Waals surface area contributed by atoms with Gasteiger partial charge in [0.05, 0.1) is 12.1 Å². The molecule has 7 heteroatoms. The standard InChI is InChI=1S/C21H27N7/c1-21(2,3)26-19-16-7-4-5-8-17(16)24-18(25-19)15-27-11-13-28(14-12-27)20-22-9-6-10-23-20/h4-10H,11-15H2,1-3H3,(H,24,25,26). The molecule has 0 saturated carbocycles. The number of hydrogen-bond acceptors (Lipinski definition) is 7. The quantitative estimate of drug-likeness (QED) is 0.749. The number of benzene rings is 1. The topological polar surface area (TPSA) is 70.1 Å². The lowest BCUT2D eigenvalue weighted by molar-refractivity contribution is 0.243. The maximum absolute atomic E-state index is 4.86. The van der Waals surface area contributed by atoms with E-state index in [9.17, 15) is 0 Å². The van der Waals surface area contributed by atoms with E-state index >= 15 is 0 Å². The van der Waals surface area contributed by atoms with E-state index in [4.69, 9.17) is 9.97 Å². The Bertz CT molecular complexity index is 928. The second-order valence-electron chi connectivity index (χ2n) is 8.19. The minimum atomic E-state index is -0.0598. The Kier molecular flexibility index (Phi) is 5.09. The summed E-state index contributed by atoms with van der Waals surface area (Å²) in [4.78, 5) is 23.0. The number of anilines is 2. The minimum Gasteiger partial charge on any atom is -0.365 e. The minimum absolute atomic E-state index is 0.0598. The van der Waals surface area contributed by atoms with Crippen molar-refractivity contribution < 1.29 is 0 Å². The highest BCUT2D eigenvalue weighted by Crippen LogP contribution is 2.23. The van der Waals surface area contributed by atoms with Gasteiger partial charge in [-0.15, -0.1) is 0 Å². The van der Waals surface area contributed by atoms with Crippen LogP contribution < -0.4 is 10.2 Å². The Morgan fingerprint density at radius 3 is 2.36 bits per heavy atom. The normalized spacial score (nSPS) is 15.8. The SMILES string of the molecule is CC(C)(C)Nc1nc(CN2CCN(c3ncccn3)CC2)nc2ccccc12. The van der Waals surface area contributed by atoms with Gasteiger partial charge in [0, 0.05) is 49.5 Å². The fourth-order valence-electron chi connectivity index (χ4n) is 3.41. The maximum atomic E-state index is 4.86. The molecule has 7 nitrogen and oxygen atoms in total. The third kappa shape index (κ3) is 4.36. The van der Waals surface area contributed by atoms with Crippen molar-refractivity contribution in [1.82, 2.24) is 24.8 Å². The van der Waals surface area contributed by atoms with Crippen molar-refractivity contribution in [2.45, 2.75) is 32.9 Å². The van der Waals surface area contributed by atoms with E-state index in [-0.39, 0.29) is 5.54 Å². The maximum Gasteiger partial charge on any atom is 0.225 e. The van der Waals surface area contributed by atoms with E-state index in [1.807, 2.05) is 18.2 Å². The molecule has 0 aliphatic carbocycles. The van der Waals surface area contributed by atoms with Gasteiger partial charge in [0.1, 0.15) is 11.6 Å². The summed E-state index contributed by atoms with van der Waals surface area (Å²) in [6.07, 6.45) is 3.59. The molecular formula is C21H27N7. The van der Waals surface area contributed by atoms with Crippen molar-refractivity contribution in [2.75, 3.05) is 36.4 Å². The van der Waals surface area contributed by atoms with Crippen molar-refractivity contribution >= 4 is 22.7 Å². The van der Waals surface area contributed by atoms with E-state index in [0.717, 1.165) is 61.2 Å². The van der Waals surface area contributed by atoms with Crippen LogP contribution in [-0.4, -0.2) is 56.6 Å². The summed E-state index contributed by atoms with van der Waals surface area (Å²) in [6.45, 7) is 10.9. The average Bonchev–Trinajstić information content (AvgIpc) is 2.68. The van der Waals surface area contributed by atoms with Crippen LogP contribution in [0.3, 0.4) is 0 Å². The van der Waals surface area contributed by atoms with Crippen LogP contribution in [-0.2, 0) is 6.54 Å². The Hall–Kier alpha value is -2.80. The Morgan fingerprint density at radius 2 is 1.64 bits per heavy atom. The number of hydrogen-bond donors (Lipinski definition) is 1. The summed E-state index contributed by atoms with van der Waals surface area (Å²) in [5.74, 6) is 2.57. The van der Waals surface area contributed by atoms with Crippen LogP contribution in [0.5, 0.6) is 0 Å². The second-order valence-corrected chi connectivity index (χ2v) is 8.19. The van der Waals surface area contributed by atoms with Gasteiger partial charge in [0.15, 0.2) is 0 Å². The summed E-state index contributed by atoms with van der Waals surface area (Å²) < 4.78 is 0. The number of fused-ring (bicyclic) bond motifs is 1. The predicted octanol–water partition coefficient (Wildman–Crippen LogP) is 2.95. The third-order valence-corrected chi connectivity index (χ3v) is 4.72. The fourth-order valence-corrected chi connectivity index (χ4v) is 3.41. The van der Waals surface area contributed by atoms with Crippen LogP contribution in [0.25, 0.3) is 10.9 Å². The largest absolute Gasteiger partial charge is 0.365 e. The summed E-state index contributed by atoms with van der Waals surface area (Å²) in [7, 11) is 0. The lowest BCUT2D eigenvalue weighted by Gasteiger charge is -2.34. The van der Waals surface area contributed by atoms with Gasteiger partial charge in [0.25, 0.3) is 0 Å². The molecule has 1 fully saturated rings. The molecule has 28 heavy (non-hydrogen) atoms. The lowest BCUT2D eigenvalue weighted by Crippen LogP contribution is -2.46. The van der Waals surface area contributed by atoms with Gasteiger partial charge in [-0.1, -0.05) is 12.1 Å². The van der Waals surface area contributed by atoms with Crippen molar-refractivity contribution in [3.05, 3.63) is 48.5 Å². The number of piperazine rings is 1. The molecule has 0 bridgehead atoms. The number of aromatic nitrogens is 4. The average molecular weight is 377 g/mol. The zero-order valence-electron chi connectivity index (χ0n) is 16.8. The molecule has 0 radical (unpaired) electrons. The van der Waals surface area contributed by atoms with E-state index in [1.165, 1.54) is 0 Å². The molecule has 1 aromatic carbocycles. The van der Waals surface area contributed by atoms with Crippen LogP contribution in [0.2, 0.25) is 0 Å². The zero-order chi connectivity index (χ0) is 19.6. The van der Waals surface area contributed by atoms with Crippen LogP contribution in [0.15, 0.2) is 42.7 Å². The number of para-hydroxylation sites is 1. The molecule has 146 valence electrons. The number of nitrogens with zero attached hydrogens (tertiary/aromatic N) is 6. The first-order valence-corrected chi connectivity index (χ1v) is 9.76. The molecule has 0 atom stereocenters. The highest BCUT2D eigenvalue weighted by atomic mass is 15.3. The van der Waals surface area contributed by atoms with Crippen LogP contribution in [0.4, 0.5) is 11.8 Å². The van der Waals surface area contributed by atoms with E-state index in [0.29, 0.717) is 0 Å². The van der Waals surface area contributed by atoms with Gasteiger partial charge in [-0.2, -0.15) is 0 Å². The molecule has 2 aromatic heterocycles. The molecule has 3 heterocycles. The highest BCUT2D eigenvalue weighted by Gasteiger charge is 2.21. The summed E-state index contributed by atoms with van der Waals surface area (Å²) >= 11 is 0. The van der Waals surface area contributed by atoms with Crippen molar-refractivity contribution in [1.29, 1.82) is 0 Å². The van der Waals surface area contributed by atoms with Crippen molar-refractivity contribution in [2.24, 2.45) is 0 Å². The number of nitrogens with one attached hydrogen (secondary N) is 1. The first-order valence-electron chi connectivity index (χ1n) is 9.76. The van der Waals surface area contributed by atoms with Gasteiger partial charge < -0.3 is 10.2 Å². The Morgan fingerprint density at radius 1 is 0.929 bits per heavy atom. The summed E-state index contributed by atoms with van der Waals surface area (Å²) in [5, 5.41) is 4.60. The second kappa shape index (κ2) is 7.67. The number of rotatable bonds is 4. The van der Waals surface area contributed by atoms with Gasteiger partial charge >= 0.3 is 0 Å².